The Balaban J connectivity index is 1.59. The second-order valence-electron chi connectivity index (χ2n) is 8.60. The molecule has 1 aliphatic heterocycles. The van der Waals surface area contributed by atoms with Crippen LogP contribution in [-0.4, -0.2) is 45.7 Å². The topological polar surface area (TPSA) is 71.4 Å². The molecule has 0 aliphatic carbocycles. The van der Waals surface area contributed by atoms with Crippen molar-refractivity contribution in [1.29, 1.82) is 0 Å². The minimum absolute atomic E-state index is 0.126. The average Bonchev–Trinajstić information content (AvgIpc) is 3.33. The average molecular weight is 496 g/mol. The molecule has 2 N–H and O–H groups in total. The largest absolute Gasteiger partial charge is 0.383 e. The van der Waals surface area contributed by atoms with Crippen LogP contribution in [0.5, 0.6) is 0 Å². The molecule has 1 amide bonds. The van der Waals surface area contributed by atoms with Gasteiger partial charge in [-0.15, -0.1) is 0 Å². The van der Waals surface area contributed by atoms with E-state index in [1.165, 1.54) is 12.1 Å². The number of rotatable bonds is 9. The summed E-state index contributed by atoms with van der Waals surface area (Å²) in [5.74, 6) is -0.506. The molecule has 1 aliphatic rings. The summed E-state index contributed by atoms with van der Waals surface area (Å²) < 4.78 is 20.7. The van der Waals surface area contributed by atoms with E-state index in [0.717, 1.165) is 29.2 Å². The van der Waals surface area contributed by atoms with Crippen molar-refractivity contribution in [2.24, 2.45) is 0 Å². The zero-order valence-electron chi connectivity index (χ0n) is 20.1. The molecule has 1 fully saturated rings. The normalized spacial score (nSPS) is 17.5. The van der Waals surface area contributed by atoms with Gasteiger partial charge in [-0.1, -0.05) is 6.07 Å². The van der Waals surface area contributed by atoms with Crippen molar-refractivity contribution >= 4 is 28.9 Å². The number of aryl methyl sites for hydroxylation is 1. The van der Waals surface area contributed by atoms with Crippen molar-refractivity contribution < 1.29 is 13.9 Å². The van der Waals surface area contributed by atoms with Crippen LogP contribution in [0.1, 0.15) is 41.1 Å². The van der Waals surface area contributed by atoms with Crippen LogP contribution in [0.3, 0.4) is 0 Å². The number of hydrogen-bond donors (Lipinski definition) is 2. The Hall–Kier alpha value is -3.30. The van der Waals surface area contributed by atoms with E-state index in [9.17, 15) is 9.18 Å². The number of amides is 1. The van der Waals surface area contributed by atoms with E-state index >= 15 is 0 Å². The number of carbonyl (C=O) groups is 1. The van der Waals surface area contributed by atoms with Crippen LogP contribution < -0.4 is 10.6 Å². The van der Waals surface area contributed by atoms with Crippen LogP contribution in [0.15, 0.2) is 54.7 Å². The fourth-order valence-electron chi connectivity index (χ4n) is 4.62. The number of benzene rings is 1. The number of ether oxygens (including phenoxy) is 1. The lowest BCUT2D eigenvalue weighted by molar-refractivity contribution is -0.116. The number of pyridine rings is 1. The Morgan fingerprint density at radius 2 is 1.97 bits per heavy atom. The third-order valence-electron chi connectivity index (χ3n) is 6.36. The van der Waals surface area contributed by atoms with Gasteiger partial charge in [-0.3, -0.25) is 9.78 Å². The van der Waals surface area contributed by atoms with Gasteiger partial charge in [0.2, 0.25) is 5.91 Å². The van der Waals surface area contributed by atoms with Crippen LogP contribution in [0.25, 0.3) is 0 Å². The highest BCUT2D eigenvalue weighted by atomic mass is 32.1. The number of carbonyl (C=O) groups excluding carboxylic acids is 1. The molecular weight excluding hydrogens is 465 g/mol. The summed E-state index contributed by atoms with van der Waals surface area (Å²) in [6, 6.07) is 13.5. The first-order valence-electron chi connectivity index (χ1n) is 11.6. The van der Waals surface area contributed by atoms with E-state index in [-0.39, 0.29) is 30.2 Å². The summed E-state index contributed by atoms with van der Waals surface area (Å²) in [6.07, 6.45) is 2.00. The lowest BCUT2D eigenvalue weighted by Gasteiger charge is -2.28. The third-order valence-corrected chi connectivity index (χ3v) is 6.71. The molecule has 184 valence electrons. The lowest BCUT2D eigenvalue weighted by Crippen LogP contribution is -2.33. The van der Waals surface area contributed by atoms with Gasteiger partial charge in [-0.05, 0) is 74.1 Å². The Kier molecular flexibility index (Phi) is 7.77. The summed E-state index contributed by atoms with van der Waals surface area (Å²) in [6.45, 7) is 5.99. The minimum Gasteiger partial charge on any atom is -0.383 e. The monoisotopic (exact) mass is 495 g/mol. The standard InChI is InChI=1S/C26H30FN5O2S/c1-17-16-21(18(2)31(17)14-15-34-3)25-24(22-6-4-5-12-28-22)30-26(35)32(25)13-11-23(33)29-20-9-7-19(27)8-10-20/h4-10,12,16,24-25H,11,13-15H2,1-3H3,(H,29,33)(H,30,35)/t24-,25-/m0/s1. The molecule has 3 aromatic rings. The molecule has 0 saturated carbocycles. The molecule has 1 aromatic carbocycles. The summed E-state index contributed by atoms with van der Waals surface area (Å²) >= 11 is 5.73. The smallest absolute Gasteiger partial charge is 0.226 e. The number of anilines is 1. The van der Waals surface area contributed by atoms with Gasteiger partial charge < -0.3 is 24.8 Å². The molecule has 9 heteroatoms. The van der Waals surface area contributed by atoms with Crippen molar-refractivity contribution in [3.8, 4) is 0 Å². The molecule has 0 bridgehead atoms. The summed E-state index contributed by atoms with van der Waals surface area (Å²) in [5.41, 5.74) is 4.86. The van der Waals surface area contributed by atoms with Gasteiger partial charge in [0.05, 0.1) is 24.4 Å². The number of aromatic nitrogens is 2. The Bertz CT molecular complexity index is 1180. The number of methoxy groups -OCH3 is 1. The Morgan fingerprint density at radius 3 is 2.66 bits per heavy atom. The second-order valence-corrected chi connectivity index (χ2v) is 8.98. The van der Waals surface area contributed by atoms with Crippen LogP contribution in [-0.2, 0) is 16.1 Å². The molecule has 4 rings (SSSR count). The van der Waals surface area contributed by atoms with Gasteiger partial charge in [0.25, 0.3) is 0 Å². The Morgan fingerprint density at radius 1 is 1.20 bits per heavy atom. The molecule has 35 heavy (non-hydrogen) atoms. The highest BCUT2D eigenvalue weighted by molar-refractivity contribution is 7.80. The summed E-state index contributed by atoms with van der Waals surface area (Å²) in [4.78, 5) is 19.3. The van der Waals surface area contributed by atoms with Crippen LogP contribution in [0, 0.1) is 19.7 Å². The first kappa shape index (κ1) is 24.8. The predicted octanol–water partition coefficient (Wildman–Crippen LogP) is 4.29. The van der Waals surface area contributed by atoms with Gasteiger partial charge in [0.15, 0.2) is 5.11 Å². The molecule has 7 nitrogen and oxygen atoms in total. The van der Waals surface area contributed by atoms with E-state index < -0.39 is 0 Å². The van der Waals surface area contributed by atoms with Crippen molar-refractivity contribution in [3.05, 3.63) is 83.2 Å². The van der Waals surface area contributed by atoms with Crippen molar-refractivity contribution in [3.63, 3.8) is 0 Å². The second kappa shape index (κ2) is 11.0. The number of halogens is 1. The highest BCUT2D eigenvalue weighted by Crippen LogP contribution is 2.40. The Labute approximate surface area is 210 Å². The molecule has 2 aromatic heterocycles. The first-order chi connectivity index (χ1) is 16.9. The fourth-order valence-corrected chi connectivity index (χ4v) is 4.95. The van der Waals surface area contributed by atoms with Crippen LogP contribution in [0.4, 0.5) is 10.1 Å². The summed E-state index contributed by atoms with van der Waals surface area (Å²) in [7, 11) is 1.70. The van der Waals surface area contributed by atoms with Crippen LogP contribution >= 0.6 is 12.2 Å². The van der Waals surface area contributed by atoms with Gasteiger partial charge in [-0.2, -0.15) is 0 Å². The molecule has 3 heterocycles. The fraction of sp³-hybridized carbons (Fsp3) is 0.346. The number of nitrogens with zero attached hydrogens (tertiary/aromatic N) is 3. The van der Waals surface area contributed by atoms with Gasteiger partial charge >= 0.3 is 0 Å². The maximum atomic E-state index is 13.2. The van der Waals surface area contributed by atoms with Crippen molar-refractivity contribution in [2.45, 2.75) is 38.9 Å². The zero-order valence-corrected chi connectivity index (χ0v) is 20.9. The molecule has 0 radical (unpaired) electrons. The minimum atomic E-state index is -0.344. The van der Waals surface area contributed by atoms with Gasteiger partial charge in [-0.25, -0.2) is 4.39 Å². The molecule has 1 saturated heterocycles. The van der Waals surface area contributed by atoms with Crippen molar-refractivity contribution in [1.82, 2.24) is 19.8 Å². The maximum Gasteiger partial charge on any atom is 0.226 e. The molecule has 0 spiro atoms. The van der Waals surface area contributed by atoms with Gasteiger partial charge in [0, 0.05) is 49.9 Å². The molecule has 2 atom stereocenters. The number of thiocarbonyl (C=S) groups is 1. The molecule has 0 unspecified atom stereocenters. The van der Waals surface area contributed by atoms with E-state index in [0.29, 0.717) is 24.0 Å². The van der Waals surface area contributed by atoms with Crippen LogP contribution in [0.2, 0.25) is 0 Å². The number of hydrogen-bond acceptors (Lipinski definition) is 4. The zero-order chi connectivity index (χ0) is 24.9. The lowest BCUT2D eigenvalue weighted by atomic mass is 9.96. The quantitative estimate of drug-likeness (QED) is 0.432. The van der Waals surface area contributed by atoms with E-state index in [2.05, 4.69) is 45.0 Å². The van der Waals surface area contributed by atoms with Crippen molar-refractivity contribution in [2.75, 3.05) is 25.6 Å². The third kappa shape index (κ3) is 5.52. The first-order valence-corrected chi connectivity index (χ1v) is 12.0. The molecular formula is C26H30FN5O2S. The highest BCUT2D eigenvalue weighted by Gasteiger charge is 2.41. The van der Waals surface area contributed by atoms with E-state index in [4.69, 9.17) is 17.0 Å². The van der Waals surface area contributed by atoms with E-state index in [1.54, 1.807) is 25.4 Å². The summed E-state index contributed by atoms with van der Waals surface area (Å²) in [5, 5.41) is 6.85. The maximum absolute atomic E-state index is 13.2. The van der Waals surface area contributed by atoms with E-state index in [1.807, 2.05) is 18.2 Å². The predicted molar refractivity (Wildman–Crippen MR) is 138 cm³/mol. The SMILES string of the molecule is COCCn1c(C)cc([C@H]2[C@H](c3ccccn3)NC(=S)N2CCC(=O)Nc2ccc(F)cc2)c1C. The van der Waals surface area contributed by atoms with Gasteiger partial charge in [0.1, 0.15) is 5.82 Å². The number of nitrogens with one attached hydrogen (secondary N) is 2.